The fourth-order valence-corrected chi connectivity index (χ4v) is 3.31. The van der Waals surface area contributed by atoms with Crippen LogP contribution < -0.4 is 5.73 Å². The van der Waals surface area contributed by atoms with Gasteiger partial charge in [0.1, 0.15) is 0 Å². The molecule has 2 fully saturated rings. The van der Waals surface area contributed by atoms with Gasteiger partial charge in [0.15, 0.2) is 0 Å². The lowest BCUT2D eigenvalue weighted by atomic mass is 9.96. The minimum Gasteiger partial charge on any atom is -0.329 e. The zero-order valence-corrected chi connectivity index (χ0v) is 10.7. The Bertz CT molecular complexity index is 205. The van der Waals surface area contributed by atoms with Crippen molar-refractivity contribution >= 4 is 0 Å². The maximum absolute atomic E-state index is 6.00. The van der Waals surface area contributed by atoms with Gasteiger partial charge in [-0.25, -0.2) is 0 Å². The predicted molar refractivity (Wildman–Crippen MR) is 68.6 cm³/mol. The van der Waals surface area contributed by atoms with Crippen LogP contribution in [-0.4, -0.2) is 55.1 Å². The predicted octanol–water partition coefficient (Wildman–Crippen LogP) is 1.29. The molecule has 0 radical (unpaired) electrons. The minimum absolute atomic E-state index is 0.333. The molecule has 1 saturated carbocycles. The normalized spacial score (nSPS) is 25.7. The topological polar surface area (TPSA) is 32.5 Å². The SMILES string of the molecule is CN(CCN1CCCC1)C1(CN)CCCC1. The van der Waals surface area contributed by atoms with Crippen LogP contribution >= 0.6 is 0 Å². The van der Waals surface area contributed by atoms with Crippen molar-refractivity contribution < 1.29 is 0 Å². The third-order valence-corrected chi connectivity index (χ3v) is 4.67. The molecule has 3 heteroatoms. The fourth-order valence-electron chi connectivity index (χ4n) is 3.31. The Kier molecular flexibility index (Phi) is 4.22. The van der Waals surface area contributed by atoms with Gasteiger partial charge in [-0.1, -0.05) is 12.8 Å². The van der Waals surface area contributed by atoms with Crippen molar-refractivity contribution in [3.63, 3.8) is 0 Å². The van der Waals surface area contributed by atoms with E-state index in [1.54, 1.807) is 0 Å². The van der Waals surface area contributed by atoms with E-state index in [1.807, 2.05) is 0 Å². The quantitative estimate of drug-likeness (QED) is 0.765. The lowest BCUT2D eigenvalue weighted by Gasteiger charge is -2.38. The molecule has 1 aliphatic heterocycles. The van der Waals surface area contributed by atoms with E-state index >= 15 is 0 Å². The standard InChI is InChI=1S/C13H27N3/c1-15(10-11-16-8-4-5-9-16)13(12-14)6-2-3-7-13/h2-12,14H2,1H3. The Labute approximate surface area is 100.0 Å². The summed E-state index contributed by atoms with van der Waals surface area (Å²) in [5.74, 6) is 0. The Morgan fingerprint density at radius 3 is 2.31 bits per heavy atom. The Hall–Kier alpha value is -0.120. The second kappa shape index (κ2) is 5.48. The summed E-state index contributed by atoms with van der Waals surface area (Å²) in [7, 11) is 2.27. The highest BCUT2D eigenvalue weighted by Gasteiger charge is 2.36. The lowest BCUT2D eigenvalue weighted by Crippen LogP contribution is -2.51. The highest BCUT2D eigenvalue weighted by Crippen LogP contribution is 2.33. The smallest absolute Gasteiger partial charge is 0.0329 e. The van der Waals surface area contributed by atoms with E-state index in [0.717, 1.165) is 6.54 Å². The average molecular weight is 225 g/mol. The molecule has 0 spiro atoms. The molecule has 2 aliphatic rings. The lowest BCUT2D eigenvalue weighted by molar-refractivity contribution is 0.117. The van der Waals surface area contributed by atoms with Gasteiger partial charge < -0.3 is 10.6 Å². The van der Waals surface area contributed by atoms with Gasteiger partial charge in [-0.05, 0) is 45.8 Å². The van der Waals surface area contributed by atoms with E-state index < -0.39 is 0 Å². The monoisotopic (exact) mass is 225 g/mol. The van der Waals surface area contributed by atoms with Crippen LogP contribution in [0.1, 0.15) is 38.5 Å². The third kappa shape index (κ3) is 2.58. The van der Waals surface area contributed by atoms with Crippen LogP contribution in [0.2, 0.25) is 0 Å². The van der Waals surface area contributed by atoms with Crippen molar-refractivity contribution in [3.05, 3.63) is 0 Å². The van der Waals surface area contributed by atoms with E-state index in [1.165, 1.54) is 64.7 Å². The van der Waals surface area contributed by atoms with Gasteiger partial charge in [-0.3, -0.25) is 4.90 Å². The van der Waals surface area contributed by atoms with Crippen LogP contribution in [0.3, 0.4) is 0 Å². The number of nitrogens with zero attached hydrogens (tertiary/aromatic N) is 2. The Balaban J connectivity index is 1.78. The van der Waals surface area contributed by atoms with Gasteiger partial charge in [0.05, 0.1) is 0 Å². The maximum Gasteiger partial charge on any atom is 0.0329 e. The second-order valence-electron chi connectivity index (χ2n) is 5.61. The zero-order chi connectivity index (χ0) is 11.4. The highest BCUT2D eigenvalue weighted by molar-refractivity contribution is 4.94. The van der Waals surface area contributed by atoms with Gasteiger partial charge in [0.2, 0.25) is 0 Å². The summed E-state index contributed by atoms with van der Waals surface area (Å²) in [6, 6.07) is 0. The number of hydrogen-bond acceptors (Lipinski definition) is 3. The van der Waals surface area contributed by atoms with Gasteiger partial charge in [0, 0.05) is 25.2 Å². The summed E-state index contributed by atoms with van der Waals surface area (Å²) in [5.41, 5.74) is 6.33. The van der Waals surface area contributed by atoms with E-state index in [9.17, 15) is 0 Å². The van der Waals surface area contributed by atoms with Crippen LogP contribution in [0.15, 0.2) is 0 Å². The maximum atomic E-state index is 6.00. The first-order valence-electron chi connectivity index (χ1n) is 6.90. The molecule has 1 aliphatic carbocycles. The van der Waals surface area contributed by atoms with Crippen molar-refractivity contribution in [2.24, 2.45) is 5.73 Å². The molecule has 0 amide bonds. The van der Waals surface area contributed by atoms with Gasteiger partial charge >= 0.3 is 0 Å². The molecule has 2 N–H and O–H groups in total. The Morgan fingerprint density at radius 1 is 1.12 bits per heavy atom. The summed E-state index contributed by atoms with van der Waals surface area (Å²) in [6.45, 7) is 5.88. The summed E-state index contributed by atoms with van der Waals surface area (Å²) < 4.78 is 0. The molecule has 3 nitrogen and oxygen atoms in total. The molecule has 2 rings (SSSR count). The molecule has 94 valence electrons. The first-order valence-corrected chi connectivity index (χ1v) is 6.90. The van der Waals surface area contributed by atoms with Crippen LogP contribution in [0.5, 0.6) is 0 Å². The van der Waals surface area contributed by atoms with Crippen molar-refractivity contribution in [2.75, 3.05) is 39.8 Å². The van der Waals surface area contributed by atoms with Crippen LogP contribution in [0.25, 0.3) is 0 Å². The number of likely N-dealkylation sites (tertiary alicyclic amines) is 1. The van der Waals surface area contributed by atoms with Gasteiger partial charge in [-0.15, -0.1) is 0 Å². The molecule has 1 saturated heterocycles. The van der Waals surface area contributed by atoms with Crippen molar-refractivity contribution in [1.29, 1.82) is 0 Å². The molecule has 0 bridgehead atoms. The summed E-state index contributed by atoms with van der Waals surface area (Å²) in [6.07, 6.45) is 8.13. The van der Waals surface area contributed by atoms with Crippen molar-refractivity contribution in [3.8, 4) is 0 Å². The second-order valence-corrected chi connectivity index (χ2v) is 5.61. The molecular formula is C13H27N3. The zero-order valence-electron chi connectivity index (χ0n) is 10.7. The fraction of sp³-hybridized carbons (Fsp3) is 1.00. The first-order chi connectivity index (χ1) is 7.77. The van der Waals surface area contributed by atoms with Crippen LogP contribution in [0.4, 0.5) is 0 Å². The van der Waals surface area contributed by atoms with E-state index in [-0.39, 0.29) is 0 Å². The number of rotatable bonds is 5. The Morgan fingerprint density at radius 2 is 1.75 bits per heavy atom. The molecule has 0 atom stereocenters. The molecule has 0 aromatic carbocycles. The van der Waals surface area contributed by atoms with E-state index in [0.29, 0.717) is 5.54 Å². The first kappa shape index (κ1) is 12.3. The molecule has 16 heavy (non-hydrogen) atoms. The van der Waals surface area contributed by atoms with E-state index in [4.69, 9.17) is 5.73 Å². The molecule has 0 unspecified atom stereocenters. The van der Waals surface area contributed by atoms with Gasteiger partial charge in [-0.2, -0.15) is 0 Å². The van der Waals surface area contributed by atoms with Crippen molar-refractivity contribution in [1.82, 2.24) is 9.80 Å². The van der Waals surface area contributed by atoms with Crippen LogP contribution in [-0.2, 0) is 0 Å². The summed E-state index contributed by atoms with van der Waals surface area (Å²) in [4.78, 5) is 5.13. The van der Waals surface area contributed by atoms with E-state index in [2.05, 4.69) is 16.8 Å². The van der Waals surface area contributed by atoms with Crippen molar-refractivity contribution in [2.45, 2.75) is 44.1 Å². The number of nitrogens with two attached hydrogens (primary N) is 1. The molecule has 1 heterocycles. The number of hydrogen-bond donors (Lipinski definition) is 1. The highest BCUT2D eigenvalue weighted by atomic mass is 15.2. The third-order valence-electron chi connectivity index (χ3n) is 4.67. The summed E-state index contributed by atoms with van der Waals surface area (Å²) >= 11 is 0. The summed E-state index contributed by atoms with van der Waals surface area (Å²) in [5, 5.41) is 0. The molecule has 0 aromatic heterocycles. The average Bonchev–Trinajstić information content (AvgIpc) is 2.97. The van der Waals surface area contributed by atoms with Gasteiger partial charge in [0.25, 0.3) is 0 Å². The van der Waals surface area contributed by atoms with Crippen LogP contribution in [0, 0.1) is 0 Å². The molecule has 0 aromatic rings. The minimum atomic E-state index is 0.333. The molecular weight excluding hydrogens is 198 g/mol. The number of likely N-dealkylation sites (N-methyl/N-ethyl adjacent to an activating group) is 1. The largest absolute Gasteiger partial charge is 0.329 e.